The van der Waals surface area contributed by atoms with Gasteiger partial charge in [-0.25, -0.2) is 0 Å². The molecule has 0 unspecified atom stereocenters. The summed E-state index contributed by atoms with van der Waals surface area (Å²) in [7, 11) is 1.73. The molecule has 0 heterocycles. The SMILES string of the molecule is COc1cccc(CN(Cc2ccc(NC(C)=O)cc2)C2CCC(CC3CCC(N)CC3)CC2)c1. The van der Waals surface area contributed by atoms with E-state index in [1.165, 1.54) is 68.9 Å². The van der Waals surface area contributed by atoms with Gasteiger partial charge in [-0.1, -0.05) is 24.3 Å². The minimum absolute atomic E-state index is 0.0368. The van der Waals surface area contributed by atoms with Crippen LogP contribution in [0.2, 0.25) is 0 Å². The van der Waals surface area contributed by atoms with E-state index in [-0.39, 0.29) is 5.91 Å². The van der Waals surface area contributed by atoms with E-state index in [1.54, 1.807) is 14.0 Å². The number of carbonyl (C=O) groups excluding carboxylic acids is 1. The highest BCUT2D eigenvalue weighted by Crippen LogP contribution is 2.37. The number of nitrogens with zero attached hydrogens (tertiary/aromatic N) is 1. The zero-order valence-electron chi connectivity index (χ0n) is 21.5. The lowest BCUT2D eigenvalue weighted by Gasteiger charge is -2.38. The molecule has 0 aromatic heterocycles. The highest BCUT2D eigenvalue weighted by atomic mass is 16.5. The van der Waals surface area contributed by atoms with E-state index in [0.29, 0.717) is 12.1 Å². The summed E-state index contributed by atoms with van der Waals surface area (Å²) >= 11 is 0. The Kier molecular flexibility index (Phi) is 9.22. The molecule has 4 rings (SSSR count). The van der Waals surface area contributed by atoms with Crippen LogP contribution in [0.5, 0.6) is 5.75 Å². The van der Waals surface area contributed by atoms with Crippen LogP contribution in [-0.2, 0) is 17.9 Å². The first-order valence-electron chi connectivity index (χ1n) is 13.5. The molecule has 0 aliphatic heterocycles. The number of nitrogens with two attached hydrogens (primary N) is 1. The Morgan fingerprint density at radius 1 is 0.914 bits per heavy atom. The lowest BCUT2D eigenvalue weighted by atomic mass is 9.75. The summed E-state index contributed by atoms with van der Waals surface area (Å²) in [6.45, 7) is 3.37. The Morgan fingerprint density at radius 2 is 1.54 bits per heavy atom. The molecule has 3 N–H and O–H groups in total. The van der Waals surface area contributed by atoms with Crippen molar-refractivity contribution < 1.29 is 9.53 Å². The number of benzene rings is 2. The lowest BCUT2D eigenvalue weighted by molar-refractivity contribution is -0.114. The van der Waals surface area contributed by atoms with Crippen LogP contribution < -0.4 is 15.8 Å². The first kappa shape index (κ1) is 25.7. The van der Waals surface area contributed by atoms with Gasteiger partial charge in [-0.15, -0.1) is 0 Å². The largest absolute Gasteiger partial charge is 0.497 e. The Morgan fingerprint density at radius 3 is 2.17 bits per heavy atom. The molecule has 0 bridgehead atoms. The average molecular weight is 478 g/mol. The number of anilines is 1. The molecule has 190 valence electrons. The fourth-order valence-electron chi connectivity index (χ4n) is 6.09. The lowest BCUT2D eigenvalue weighted by Crippen LogP contribution is -2.37. The molecule has 2 saturated carbocycles. The maximum Gasteiger partial charge on any atom is 0.221 e. The van der Waals surface area contributed by atoms with E-state index in [4.69, 9.17) is 10.5 Å². The van der Waals surface area contributed by atoms with Crippen molar-refractivity contribution in [1.82, 2.24) is 4.90 Å². The quantitative estimate of drug-likeness (QED) is 0.456. The molecule has 0 spiro atoms. The van der Waals surface area contributed by atoms with Gasteiger partial charge in [0.15, 0.2) is 0 Å². The minimum Gasteiger partial charge on any atom is -0.497 e. The molecule has 1 amide bonds. The van der Waals surface area contributed by atoms with Crippen molar-refractivity contribution in [2.45, 2.75) is 89.9 Å². The van der Waals surface area contributed by atoms with Crippen LogP contribution in [-0.4, -0.2) is 30.0 Å². The van der Waals surface area contributed by atoms with E-state index in [1.807, 2.05) is 18.2 Å². The Bertz CT molecular complexity index is 929. The summed E-state index contributed by atoms with van der Waals surface area (Å²) in [5, 5.41) is 2.87. The van der Waals surface area contributed by atoms with Crippen LogP contribution in [0.1, 0.15) is 75.8 Å². The van der Waals surface area contributed by atoms with E-state index < -0.39 is 0 Å². The van der Waals surface area contributed by atoms with Crippen LogP contribution in [0.4, 0.5) is 5.69 Å². The number of nitrogens with one attached hydrogen (secondary N) is 1. The number of amides is 1. The number of carbonyl (C=O) groups is 1. The third-order valence-corrected chi connectivity index (χ3v) is 8.07. The summed E-state index contributed by atoms with van der Waals surface area (Å²) < 4.78 is 5.48. The maximum absolute atomic E-state index is 11.4. The van der Waals surface area contributed by atoms with Crippen LogP contribution in [0.25, 0.3) is 0 Å². The molecule has 2 fully saturated rings. The van der Waals surface area contributed by atoms with Gasteiger partial charge in [0, 0.05) is 37.8 Å². The number of hydrogen-bond donors (Lipinski definition) is 2. The Hall–Kier alpha value is -2.37. The van der Waals surface area contributed by atoms with Gasteiger partial charge < -0.3 is 15.8 Å². The van der Waals surface area contributed by atoms with Crippen molar-refractivity contribution in [3.63, 3.8) is 0 Å². The Labute approximate surface area is 211 Å². The van der Waals surface area contributed by atoms with Gasteiger partial charge in [-0.3, -0.25) is 9.69 Å². The third-order valence-electron chi connectivity index (χ3n) is 8.07. The van der Waals surface area contributed by atoms with Crippen LogP contribution in [0.3, 0.4) is 0 Å². The van der Waals surface area contributed by atoms with Gasteiger partial charge in [0.05, 0.1) is 7.11 Å². The van der Waals surface area contributed by atoms with Crippen molar-refractivity contribution in [1.29, 1.82) is 0 Å². The van der Waals surface area contributed by atoms with Gasteiger partial charge >= 0.3 is 0 Å². The summed E-state index contributed by atoms with van der Waals surface area (Å²) in [6.07, 6.45) is 11.7. The van der Waals surface area contributed by atoms with Gasteiger partial charge in [0.25, 0.3) is 0 Å². The second-order valence-electron chi connectivity index (χ2n) is 10.8. The summed E-state index contributed by atoms with van der Waals surface area (Å²) in [4.78, 5) is 14.0. The molecule has 0 saturated heterocycles. The zero-order chi connectivity index (χ0) is 24.6. The van der Waals surface area contributed by atoms with Gasteiger partial charge in [-0.05, 0) is 105 Å². The van der Waals surface area contributed by atoms with Crippen LogP contribution >= 0.6 is 0 Å². The topological polar surface area (TPSA) is 67.6 Å². The molecule has 5 nitrogen and oxygen atoms in total. The zero-order valence-corrected chi connectivity index (χ0v) is 21.5. The standard InChI is InChI=1S/C30H43N3O2/c1-22(34)32-28-14-8-25(9-15-28)20-33(21-26-4-3-5-30(19-26)35-2)29-16-10-24(11-17-29)18-23-6-12-27(31)13-7-23/h3-5,8-9,14-15,19,23-24,27,29H,6-7,10-13,16-18,20-21,31H2,1-2H3,(H,32,34). The van der Waals surface area contributed by atoms with Crippen molar-refractivity contribution in [2.24, 2.45) is 17.6 Å². The predicted octanol–water partition coefficient (Wildman–Crippen LogP) is 6.12. The van der Waals surface area contributed by atoms with Crippen LogP contribution in [0.15, 0.2) is 48.5 Å². The first-order valence-corrected chi connectivity index (χ1v) is 13.5. The van der Waals surface area contributed by atoms with E-state index in [2.05, 4.69) is 40.5 Å². The normalized spacial score (nSPS) is 24.8. The number of rotatable bonds is 9. The molecule has 0 atom stereocenters. The summed E-state index contributed by atoms with van der Waals surface area (Å²) in [6, 6.07) is 17.8. The fourth-order valence-corrected chi connectivity index (χ4v) is 6.09. The molecule has 2 aliphatic rings. The molecule has 2 aromatic carbocycles. The van der Waals surface area contributed by atoms with Gasteiger partial charge in [-0.2, -0.15) is 0 Å². The number of ether oxygens (including phenoxy) is 1. The molecule has 5 heteroatoms. The van der Waals surface area contributed by atoms with Crippen LogP contribution in [0, 0.1) is 11.8 Å². The van der Waals surface area contributed by atoms with E-state index in [9.17, 15) is 4.79 Å². The fraction of sp³-hybridized carbons (Fsp3) is 0.567. The molecule has 2 aliphatic carbocycles. The van der Waals surface area contributed by atoms with Crippen molar-refractivity contribution in [3.8, 4) is 5.75 Å². The van der Waals surface area contributed by atoms with E-state index >= 15 is 0 Å². The highest BCUT2D eigenvalue weighted by molar-refractivity contribution is 5.88. The van der Waals surface area contributed by atoms with Gasteiger partial charge in [0.2, 0.25) is 5.91 Å². The third kappa shape index (κ3) is 7.81. The summed E-state index contributed by atoms with van der Waals surface area (Å²) in [5.74, 6) is 2.65. The highest BCUT2D eigenvalue weighted by Gasteiger charge is 2.29. The predicted molar refractivity (Wildman–Crippen MR) is 143 cm³/mol. The van der Waals surface area contributed by atoms with E-state index in [0.717, 1.165) is 36.4 Å². The van der Waals surface area contributed by atoms with Crippen molar-refractivity contribution in [3.05, 3.63) is 59.7 Å². The molecular formula is C30H43N3O2. The first-order chi connectivity index (χ1) is 17.0. The molecule has 2 aromatic rings. The average Bonchev–Trinajstić information content (AvgIpc) is 2.86. The smallest absolute Gasteiger partial charge is 0.221 e. The van der Waals surface area contributed by atoms with Crippen molar-refractivity contribution in [2.75, 3.05) is 12.4 Å². The second-order valence-corrected chi connectivity index (χ2v) is 10.8. The molecular weight excluding hydrogens is 434 g/mol. The monoisotopic (exact) mass is 477 g/mol. The molecule has 0 radical (unpaired) electrons. The summed E-state index contributed by atoms with van der Waals surface area (Å²) in [5.41, 5.74) is 9.55. The van der Waals surface area contributed by atoms with Gasteiger partial charge in [0.1, 0.15) is 5.75 Å². The number of hydrogen-bond acceptors (Lipinski definition) is 4. The second kappa shape index (κ2) is 12.5. The Balaban J connectivity index is 1.39. The minimum atomic E-state index is -0.0368. The molecule has 35 heavy (non-hydrogen) atoms. The van der Waals surface area contributed by atoms with Crippen molar-refractivity contribution >= 4 is 11.6 Å². The number of methoxy groups -OCH3 is 1. The maximum atomic E-state index is 11.4.